The van der Waals surface area contributed by atoms with Gasteiger partial charge in [-0.3, -0.25) is 9.59 Å². The van der Waals surface area contributed by atoms with Gasteiger partial charge in [0.1, 0.15) is 5.82 Å². The lowest BCUT2D eigenvalue weighted by molar-refractivity contribution is -0.141. The summed E-state index contributed by atoms with van der Waals surface area (Å²) >= 11 is 0. The zero-order valence-electron chi connectivity index (χ0n) is 15.5. The molecule has 2 aliphatic rings. The smallest absolute Gasteiger partial charge is 0.260 e. The minimum Gasteiger partial charge on any atom is -0.481 e. The molecule has 0 aliphatic carbocycles. The van der Waals surface area contributed by atoms with Gasteiger partial charge in [-0.15, -0.1) is 0 Å². The summed E-state index contributed by atoms with van der Waals surface area (Å²) in [6, 6.07) is 2.98. The molecule has 2 aliphatic heterocycles. The van der Waals surface area contributed by atoms with E-state index in [1.807, 2.05) is 4.90 Å². The van der Waals surface area contributed by atoms with E-state index in [-0.39, 0.29) is 30.1 Å². The molecule has 7 heteroatoms. The van der Waals surface area contributed by atoms with Crippen LogP contribution in [0.4, 0.5) is 8.78 Å². The third-order valence-electron chi connectivity index (χ3n) is 5.36. The van der Waals surface area contributed by atoms with E-state index in [2.05, 4.69) is 0 Å². The molecule has 5 nitrogen and oxygen atoms in total. The molecule has 2 heterocycles. The Morgan fingerprint density at radius 1 is 0.963 bits per heavy atom. The van der Waals surface area contributed by atoms with Crippen molar-refractivity contribution in [1.29, 1.82) is 0 Å². The molecule has 0 N–H and O–H groups in total. The molecule has 2 fully saturated rings. The Morgan fingerprint density at radius 2 is 1.63 bits per heavy atom. The van der Waals surface area contributed by atoms with Crippen molar-refractivity contribution in [3.63, 3.8) is 0 Å². The van der Waals surface area contributed by atoms with Crippen LogP contribution in [0.1, 0.15) is 38.5 Å². The van der Waals surface area contributed by atoms with Crippen molar-refractivity contribution in [2.24, 2.45) is 5.92 Å². The van der Waals surface area contributed by atoms with Crippen LogP contribution in [0.2, 0.25) is 0 Å². The summed E-state index contributed by atoms with van der Waals surface area (Å²) in [5.74, 6) is -1.72. The third-order valence-corrected chi connectivity index (χ3v) is 5.36. The van der Waals surface area contributed by atoms with E-state index in [4.69, 9.17) is 4.74 Å². The van der Waals surface area contributed by atoms with Crippen LogP contribution < -0.4 is 4.74 Å². The number of carbonyl (C=O) groups excluding carboxylic acids is 2. The summed E-state index contributed by atoms with van der Waals surface area (Å²) in [5.41, 5.74) is 0. The van der Waals surface area contributed by atoms with Gasteiger partial charge >= 0.3 is 0 Å². The lowest BCUT2D eigenvalue weighted by atomic mass is 9.95. The van der Waals surface area contributed by atoms with E-state index in [1.165, 1.54) is 18.9 Å². The first-order chi connectivity index (χ1) is 13.0. The van der Waals surface area contributed by atoms with Gasteiger partial charge in [0.25, 0.3) is 5.91 Å². The van der Waals surface area contributed by atoms with Gasteiger partial charge in [-0.05, 0) is 37.8 Å². The fraction of sp³-hybridized carbons (Fsp3) is 0.600. The second-order valence-electron chi connectivity index (χ2n) is 7.26. The van der Waals surface area contributed by atoms with Crippen LogP contribution >= 0.6 is 0 Å². The van der Waals surface area contributed by atoms with Crippen LogP contribution in [0.3, 0.4) is 0 Å². The first kappa shape index (κ1) is 19.6. The molecule has 2 amide bonds. The number of piperidine rings is 1. The van der Waals surface area contributed by atoms with Gasteiger partial charge in [0.15, 0.2) is 18.2 Å². The quantitative estimate of drug-likeness (QED) is 0.807. The molecule has 0 spiro atoms. The Bertz CT molecular complexity index is 667. The molecule has 0 aromatic heterocycles. The van der Waals surface area contributed by atoms with E-state index in [9.17, 15) is 18.4 Å². The predicted molar refractivity (Wildman–Crippen MR) is 96.2 cm³/mol. The van der Waals surface area contributed by atoms with Crippen LogP contribution in [0.25, 0.3) is 0 Å². The van der Waals surface area contributed by atoms with Gasteiger partial charge in [-0.2, -0.15) is 0 Å². The molecule has 0 radical (unpaired) electrons. The molecule has 2 saturated heterocycles. The number of hydrogen-bond acceptors (Lipinski definition) is 3. The number of benzene rings is 1. The maximum atomic E-state index is 13.6. The maximum absolute atomic E-state index is 13.6. The number of nitrogens with zero attached hydrogens (tertiary/aromatic N) is 2. The molecule has 3 rings (SSSR count). The van der Waals surface area contributed by atoms with E-state index in [0.29, 0.717) is 25.9 Å². The summed E-state index contributed by atoms with van der Waals surface area (Å²) in [5, 5.41) is 0. The molecule has 0 saturated carbocycles. The lowest BCUT2D eigenvalue weighted by Crippen LogP contribution is -2.45. The topological polar surface area (TPSA) is 49.9 Å². The molecular formula is C20H26F2N2O3. The average molecular weight is 380 g/mol. The molecular weight excluding hydrogens is 354 g/mol. The van der Waals surface area contributed by atoms with Gasteiger partial charge in [0, 0.05) is 38.2 Å². The molecule has 27 heavy (non-hydrogen) atoms. The number of amides is 2. The fourth-order valence-corrected chi connectivity index (χ4v) is 3.75. The minimum absolute atomic E-state index is 0.0254. The van der Waals surface area contributed by atoms with Gasteiger partial charge < -0.3 is 14.5 Å². The summed E-state index contributed by atoms with van der Waals surface area (Å²) in [7, 11) is 0. The molecule has 1 aromatic rings. The minimum atomic E-state index is -0.829. The second kappa shape index (κ2) is 9.15. The number of halogens is 2. The predicted octanol–water partition coefficient (Wildman–Crippen LogP) is 2.98. The zero-order valence-corrected chi connectivity index (χ0v) is 15.5. The lowest BCUT2D eigenvalue weighted by Gasteiger charge is -2.34. The summed E-state index contributed by atoms with van der Waals surface area (Å²) in [6.07, 6.45) is 5.80. The van der Waals surface area contributed by atoms with Crippen molar-refractivity contribution in [1.82, 2.24) is 9.80 Å². The van der Waals surface area contributed by atoms with Crippen LogP contribution in [0.5, 0.6) is 5.75 Å². The van der Waals surface area contributed by atoms with Crippen LogP contribution in [0.15, 0.2) is 18.2 Å². The van der Waals surface area contributed by atoms with Crippen LogP contribution in [-0.4, -0.2) is 54.4 Å². The van der Waals surface area contributed by atoms with Gasteiger partial charge in [-0.25, -0.2) is 8.78 Å². The van der Waals surface area contributed by atoms with E-state index >= 15 is 0 Å². The van der Waals surface area contributed by atoms with E-state index < -0.39 is 11.6 Å². The van der Waals surface area contributed by atoms with Crippen molar-refractivity contribution in [3.05, 3.63) is 29.8 Å². The highest BCUT2D eigenvalue weighted by Gasteiger charge is 2.30. The molecule has 0 atom stereocenters. The van der Waals surface area contributed by atoms with Crippen molar-refractivity contribution in [2.45, 2.75) is 38.5 Å². The molecule has 0 unspecified atom stereocenters. The largest absolute Gasteiger partial charge is 0.481 e. The summed E-state index contributed by atoms with van der Waals surface area (Å²) in [4.78, 5) is 28.6. The zero-order chi connectivity index (χ0) is 19.2. The third kappa shape index (κ3) is 5.17. The summed E-state index contributed by atoms with van der Waals surface area (Å²) in [6.45, 7) is 2.38. The SMILES string of the molecule is O=C(COc1ccc(F)cc1F)N1CCC(C(=O)N2CCCCCC2)CC1. The Hall–Kier alpha value is -2.18. The first-order valence-electron chi connectivity index (χ1n) is 9.69. The van der Waals surface area contributed by atoms with Gasteiger partial charge in [0.2, 0.25) is 5.91 Å². The highest BCUT2D eigenvalue weighted by atomic mass is 19.1. The Labute approximate surface area is 158 Å². The standard InChI is InChI=1S/C20H26F2N2O3/c21-16-5-6-18(17(22)13-16)27-14-19(25)23-11-7-15(8-12-23)20(26)24-9-3-1-2-4-10-24/h5-6,13,15H,1-4,7-12,14H2. The van der Waals surface area contributed by atoms with Crippen molar-refractivity contribution >= 4 is 11.8 Å². The number of hydrogen-bond donors (Lipinski definition) is 0. The van der Waals surface area contributed by atoms with Gasteiger partial charge in [-0.1, -0.05) is 12.8 Å². The van der Waals surface area contributed by atoms with Crippen molar-refractivity contribution < 1.29 is 23.1 Å². The number of rotatable bonds is 4. The van der Waals surface area contributed by atoms with Gasteiger partial charge in [0.05, 0.1) is 0 Å². The second-order valence-corrected chi connectivity index (χ2v) is 7.26. The Kier molecular flexibility index (Phi) is 6.63. The highest BCUT2D eigenvalue weighted by molar-refractivity contribution is 5.80. The maximum Gasteiger partial charge on any atom is 0.260 e. The number of ether oxygens (including phenoxy) is 1. The number of carbonyl (C=O) groups is 2. The van der Waals surface area contributed by atoms with Crippen LogP contribution in [-0.2, 0) is 9.59 Å². The summed E-state index contributed by atoms with van der Waals surface area (Å²) < 4.78 is 31.6. The first-order valence-corrected chi connectivity index (χ1v) is 9.69. The monoisotopic (exact) mass is 380 g/mol. The van der Waals surface area contributed by atoms with E-state index in [1.54, 1.807) is 4.90 Å². The molecule has 0 bridgehead atoms. The fourth-order valence-electron chi connectivity index (χ4n) is 3.75. The highest BCUT2D eigenvalue weighted by Crippen LogP contribution is 2.22. The van der Waals surface area contributed by atoms with E-state index in [0.717, 1.165) is 38.1 Å². The van der Waals surface area contributed by atoms with Crippen molar-refractivity contribution in [2.75, 3.05) is 32.8 Å². The number of likely N-dealkylation sites (tertiary alicyclic amines) is 2. The van der Waals surface area contributed by atoms with Crippen molar-refractivity contribution in [3.8, 4) is 5.75 Å². The Morgan fingerprint density at radius 3 is 2.26 bits per heavy atom. The molecule has 1 aromatic carbocycles. The van der Waals surface area contributed by atoms with Crippen LogP contribution in [0, 0.1) is 17.6 Å². The normalized spacial score (nSPS) is 18.9. The molecule has 148 valence electrons. The Balaban J connectivity index is 1.45. The average Bonchev–Trinajstić information content (AvgIpc) is 2.96.